The number of methoxy groups -OCH3 is 1. The first-order valence-electron chi connectivity index (χ1n) is 10.1. The number of hydrogen-bond acceptors (Lipinski definition) is 7. The summed E-state index contributed by atoms with van der Waals surface area (Å²) in [5.74, 6) is 3.71. The lowest BCUT2D eigenvalue weighted by Gasteiger charge is -2.11. The summed E-state index contributed by atoms with van der Waals surface area (Å²) in [7, 11) is 1.64. The largest absolute Gasteiger partial charge is 0.496 e. The van der Waals surface area contributed by atoms with Crippen LogP contribution in [0.4, 0.5) is 0 Å². The minimum absolute atomic E-state index is 0.217. The molecular formula is C25H19BrN2O5. The molecule has 166 valence electrons. The van der Waals surface area contributed by atoms with Crippen LogP contribution in [0.5, 0.6) is 23.0 Å². The highest BCUT2D eigenvalue weighted by molar-refractivity contribution is 9.10. The van der Waals surface area contributed by atoms with Crippen LogP contribution in [0, 0.1) is 0 Å². The predicted octanol–water partition coefficient (Wildman–Crippen LogP) is 5.99. The Hall–Kier alpha value is -3.78. The minimum Gasteiger partial charge on any atom is -0.496 e. The first-order valence-corrected chi connectivity index (χ1v) is 10.9. The molecule has 8 heteroatoms. The van der Waals surface area contributed by atoms with Crippen molar-refractivity contribution >= 4 is 28.1 Å². The highest BCUT2D eigenvalue weighted by Crippen LogP contribution is 2.35. The molecule has 0 saturated carbocycles. The minimum atomic E-state index is 0.217. The number of aromatic nitrogens is 2. The second-order valence-corrected chi connectivity index (χ2v) is 8.08. The monoisotopic (exact) mass is 506 g/mol. The number of rotatable bonds is 7. The zero-order valence-electron chi connectivity index (χ0n) is 17.7. The fraction of sp³-hybridized carbons (Fsp3) is 0.120. The van der Waals surface area contributed by atoms with Crippen molar-refractivity contribution in [1.82, 2.24) is 10.2 Å². The summed E-state index contributed by atoms with van der Waals surface area (Å²) >= 11 is 3.43. The number of nitrogens with zero attached hydrogens (tertiary/aromatic N) is 2. The van der Waals surface area contributed by atoms with Gasteiger partial charge in [0.2, 0.25) is 18.6 Å². The zero-order chi connectivity index (χ0) is 22.6. The van der Waals surface area contributed by atoms with Gasteiger partial charge in [0.1, 0.15) is 18.1 Å². The fourth-order valence-corrected chi connectivity index (χ4v) is 3.59. The van der Waals surface area contributed by atoms with Gasteiger partial charge in [0.25, 0.3) is 0 Å². The first-order chi connectivity index (χ1) is 16.2. The second kappa shape index (κ2) is 9.38. The van der Waals surface area contributed by atoms with E-state index in [9.17, 15) is 0 Å². The molecule has 0 bridgehead atoms. The quantitative estimate of drug-likeness (QED) is 0.304. The third kappa shape index (κ3) is 4.85. The highest BCUT2D eigenvalue weighted by Gasteiger charge is 2.16. The van der Waals surface area contributed by atoms with Gasteiger partial charge in [-0.3, -0.25) is 0 Å². The van der Waals surface area contributed by atoms with Crippen molar-refractivity contribution < 1.29 is 23.4 Å². The van der Waals surface area contributed by atoms with E-state index in [1.165, 1.54) is 0 Å². The molecule has 0 unspecified atom stereocenters. The molecule has 0 aliphatic carbocycles. The van der Waals surface area contributed by atoms with Crippen molar-refractivity contribution in [2.75, 3.05) is 13.9 Å². The van der Waals surface area contributed by atoms with E-state index in [-0.39, 0.29) is 6.79 Å². The van der Waals surface area contributed by atoms with Crippen LogP contribution in [0.25, 0.3) is 23.6 Å². The Balaban J connectivity index is 1.30. The maximum atomic E-state index is 5.91. The van der Waals surface area contributed by atoms with E-state index in [1.54, 1.807) is 13.2 Å². The van der Waals surface area contributed by atoms with Crippen LogP contribution in [-0.4, -0.2) is 24.1 Å². The number of fused-ring (bicyclic) bond motifs is 1. The van der Waals surface area contributed by atoms with Crippen molar-refractivity contribution in [2.45, 2.75) is 6.61 Å². The highest BCUT2D eigenvalue weighted by atomic mass is 79.9. The smallest absolute Gasteiger partial charge is 0.248 e. The van der Waals surface area contributed by atoms with E-state index in [2.05, 4.69) is 26.1 Å². The topological polar surface area (TPSA) is 75.8 Å². The molecule has 0 radical (unpaired) electrons. The molecule has 0 saturated heterocycles. The molecule has 1 aliphatic rings. The summed E-state index contributed by atoms with van der Waals surface area (Å²) < 4.78 is 28.9. The summed E-state index contributed by atoms with van der Waals surface area (Å²) in [6, 6.07) is 19.1. The average molecular weight is 507 g/mol. The number of ether oxygens (including phenoxy) is 4. The third-order valence-corrected chi connectivity index (χ3v) is 5.52. The van der Waals surface area contributed by atoms with Crippen LogP contribution in [0.15, 0.2) is 69.6 Å². The van der Waals surface area contributed by atoms with Crippen LogP contribution < -0.4 is 18.9 Å². The van der Waals surface area contributed by atoms with Crippen LogP contribution in [0.3, 0.4) is 0 Å². The Labute approximate surface area is 198 Å². The Morgan fingerprint density at radius 3 is 2.64 bits per heavy atom. The van der Waals surface area contributed by atoms with E-state index >= 15 is 0 Å². The molecule has 0 amide bonds. The SMILES string of the molecule is COc1ccc(/C=C\c2nnc(-c3ccc4c(c3)OCO4)o2)cc1COc1ccc(Br)cc1. The maximum Gasteiger partial charge on any atom is 0.248 e. The molecule has 1 aromatic heterocycles. The summed E-state index contributed by atoms with van der Waals surface area (Å²) in [4.78, 5) is 0. The predicted molar refractivity (Wildman–Crippen MR) is 126 cm³/mol. The Kier molecular flexibility index (Phi) is 5.99. The Morgan fingerprint density at radius 1 is 0.939 bits per heavy atom. The van der Waals surface area contributed by atoms with Gasteiger partial charge in [-0.15, -0.1) is 10.2 Å². The van der Waals surface area contributed by atoms with Gasteiger partial charge < -0.3 is 23.4 Å². The summed E-state index contributed by atoms with van der Waals surface area (Å²) in [5.41, 5.74) is 2.64. The van der Waals surface area contributed by atoms with Gasteiger partial charge in [0.05, 0.1) is 7.11 Å². The van der Waals surface area contributed by atoms with Gasteiger partial charge in [-0.2, -0.15) is 0 Å². The van der Waals surface area contributed by atoms with Crippen molar-refractivity contribution in [3.8, 4) is 34.5 Å². The van der Waals surface area contributed by atoms with E-state index in [4.69, 9.17) is 23.4 Å². The molecule has 7 nitrogen and oxygen atoms in total. The fourth-order valence-electron chi connectivity index (χ4n) is 3.32. The Morgan fingerprint density at radius 2 is 1.79 bits per heavy atom. The summed E-state index contributed by atoms with van der Waals surface area (Å²) in [6.45, 7) is 0.593. The van der Waals surface area contributed by atoms with Gasteiger partial charge in [0, 0.05) is 21.7 Å². The van der Waals surface area contributed by atoms with Crippen molar-refractivity contribution in [3.05, 3.63) is 82.2 Å². The molecule has 1 aliphatic heterocycles. The first kappa shape index (κ1) is 21.1. The van der Waals surface area contributed by atoms with Crippen LogP contribution >= 0.6 is 15.9 Å². The molecule has 3 aromatic carbocycles. The van der Waals surface area contributed by atoms with E-state index in [1.807, 2.05) is 66.7 Å². The van der Waals surface area contributed by atoms with E-state index < -0.39 is 0 Å². The number of hydrogen-bond donors (Lipinski definition) is 0. The molecule has 0 fully saturated rings. The van der Waals surface area contributed by atoms with Gasteiger partial charge in [-0.05, 0) is 66.2 Å². The van der Waals surface area contributed by atoms with Gasteiger partial charge in [-0.25, -0.2) is 0 Å². The standard InChI is InChI=1S/C25H19BrN2O5/c1-29-21-9-2-16(12-18(21)14-30-20-7-5-19(26)6-8-20)3-11-24-27-28-25(33-24)17-4-10-22-23(13-17)32-15-31-22/h2-13H,14-15H2,1H3/b11-3-. The van der Waals surface area contributed by atoms with Crippen molar-refractivity contribution in [2.24, 2.45) is 0 Å². The molecule has 0 atom stereocenters. The number of benzene rings is 3. The van der Waals surface area contributed by atoms with Crippen LogP contribution in [0.1, 0.15) is 17.0 Å². The number of halogens is 1. The lowest BCUT2D eigenvalue weighted by molar-refractivity contribution is 0.174. The Bertz CT molecular complexity index is 1300. The lowest BCUT2D eigenvalue weighted by atomic mass is 10.1. The maximum absolute atomic E-state index is 5.91. The van der Waals surface area contributed by atoms with Gasteiger partial charge in [-0.1, -0.05) is 22.0 Å². The molecular weight excluding hydrogens is 488 g/mol. The average Bonchev–Trinajstić information content (AvgIpc) is 3.51. The molecule has 33 heavy (non-hydrogen) atoms. The summed E-state index contributed by atoms with van der Waals surface area (Å²) in [5, 5.41) is 8.24. The molecule has 5 rings (SSSR count). The lowest BCUT2D eigenvalue weighted by Crippen LogP contribution is -1.99. The van der Waals surface area contributed by atoms with Gasteiger partial charge >= 0.3 is 0 Å². The molecule has 4 aromatic rings. The van der Waals surface area contributed by atoms with Crippen molar-refractivity contribution in [1.29, 1.82) is 0 Å². The van der Waals surface area contributed by atoms with Crippen molar-refractivity contribution in [3.63, 3.8) is 0 Å². The van der Waals surface area contributed by atoms with Crippen LogP contribution in [-0.2, 0) is 6.61 Å². The summed E-state index contributed by atoms with van der Waals surface area (Å²) in [6.07, 6.45) is 3.67. The molecule has 2 heterocycles. The normalized spacial score (nSPS) is 12.3. The van der Waals surface area contributed by atoms with Gasteiger partial charge in [0.15, 0.2) is 11.5 Å². The second-order valence-electron chi connectivity index (χ2n) is 7.16. The third-order valence-electron chi connectivity index (χ3n) is 4.99. The zero-order valence-corrected chi connectivity index (χ0v) is 19.2. The molecule has 0 spiro atoms. The van der Waals surface area contributed by atoms with E-state index in [0.29, 0.717) is 29.9 Å². The molecule has 0 N–H and O–H groups in total. The van der Waals surface area contributed by atoms with E-state index in [0.717, 1.165) is 32.7 Å². The van der Waals surface area contributed by atoms with Crippen LogP contribution in [0.2, 0.25) is 0 Å².